The molecule has 3 heterocycles. The summed E-state index contributed by atoms with van der Waals surface area (Å²) in [6.45, 7) is 4.54. The topological polar surface area (TPSA) is 71.0 Å². The largest absolute Gasteiger partial charge is 0.345 e. The van der Waals surface area contributed by atoms with Crippen LogP contribution in [0.25, 0.3) is 0 Å². The van der Waals surface area contributed by atoms with Crippen molar-refractivity contribution in [2.45, 2.75) is 26.3 Å². The number of hydrogen-bond acceptors (Lipinski definition) is 5. The number of carbonyl (C=O) groups is 1. The van der Waals surface area contributed by atoms with E-state index in [-0.39, 0.29) is 5.91 Å². The molecular weight excluding hydrogens is 290 g/mol. The zero-order chi connectivity index (χ0) is 16.1. The normalized spacial score (nSPS) is 15.4. The Labute approximate surface area is 136 Å². The van der Waals surface area contributed by atoms with Gasteiger partial charge in [0, 0.05) is 25.5 Å². The van der Waals surface area contributed by atoms with E-state index < -0.39 is 0 Å². The maximum absolute atomic E-state index is 12.3. The van der Waals surface area contributed by atoms with E-state index >= 15 is 0 Å². The first-order chi connectivity index (χ1) is 11.2. The first-order valence-corrected chi connectivity index (χ1v) is 7.98. The molecule has 1 aliphatic rings. The van der Waals surface area contributed by atoms with Crippen LogP contribution in [0.1, 0.15) is 35.9 Å². The molecule has 120 valence electrons. The number of pyridine rings is 1. The molecule has 6 heteroatoms. The van der Waals surface area contributed by atoms with Crippen LogP contribution >= 0.6 is 0 Å². The average molecular weight is 311 g/mol. The van der Waals surface area contributed by atoms with Crippen LogP contribution in [-0.4, -0.2) is 33.9 Å². The highest BCUT2D eigenvalue weighted by Crippen LogP contribution is 2.19. The molecule has 0 atom stereocenters. The number of rotatable bonds is 4. The van der Waals surface area contributed by atoms with Gasteiger partial charge >= 0.3 is 0 Å². The summed E-state index contributed by atoms with van der Waals surface area (Å²) in [6.07, 6.45) is 5.64. The Morgan fingerprint density at radius 3 is 2.78 bits per heavy atom. The summed E-state index contributed by atoms with van der Waals surface area (Å²) in [5, 5.41) is 2.84. The van der Waals surface area contributed by atoms with Crippen LogP contribution in [-0.2, 0) is 6.54 Å². The van der Waals surface area contributed by atoms with Crippen LogP contribution in [0.3, 0.4) is 0 Å². The van der Waals surface area contributed by atoms with Gasteiger partial charge < -0.3 is 10.2 Å². The maximum atomic E-state index is 12.3. The molecule has 1 fully saturated rings. The highest BCUT2D eigenvalue weighted by Gasteiger charge is 2.19. The van der Waals surface area contributed by atoms with Gasteiger partial charge in [0.1, 0.15) is 5.69 Å². The molecule has 0 aromatic carbocycles. The van der Waals surface area contributed by atoms with E-state index in [0.29, 0.717) is 18.2 Å². The molecule has 0 unspecified atom stereocenters. The minimum atomic E-state index is -0.204. The molecule has 23 heavy (non-hydrogen) atoms. The molecule has 0 saturated carbocycles. The fourth-order valence-corrected chi connectivity index (χ4v) is 2.60. The fourth-order valence-electron chi connectivity index (χ4n) is 2.60. The summed E-state index contributed by atoms with van der Waals surface area (Å²) in [4.78, 5) is 27.3. The molecule has 6 nitrogen and oxygen atoms in total. The van der Waals surface area contributed by atoms with Gasteiger partial charge in [-0.1, -0.05) is 13.0 Å². The Balaban J connectivity index is 1.63. The van der Waals surface area contributed by atoms with Crippen molar-refractivity contribution in [3.8, 4) is 0 Å². The van der Waals surface area contributed by atoms with Crippen molar-refractivity contribution in [1.82, 2.24) is 20.3 Å². The lowest BCUT2D eigenvalue weighted by molar-refractivity contribution is 0.0945. The van der Waals surface area contributed by atoms with Crippen LogP contribution in [0, 0.1) is 5.92 Å². The number of anilines is 1. The predicted molar refractivity (Wildman–Crippen MR) is 88.1 cm³/mol. The molecule has 0 aliphatic carbocycles. The lowest BCUT2D eigenvalue weighted by Crippen LogP contribution is -2.34. The molecular formula is C17H21N5O. The monoisotopic (exact) mass is 311 g/mol. The van der Waals surface area contributed by atoms with Gasteiger partial charge in [-0.2, -0.15) is 0 Å². The number of nitrogens with zero attached hydrogens (tertiary/aromatic N) is 4. The number of nitrogens with one attached hydrogen (secondary N) is 1. The molecule has 0 bridgehead atoms. The number of carbonyl (C=O) groups excluding carboxylic acids is 1. The van der Waals surface area contributed by atoms with Crippen LogP contribution < -0.4 is 10.2 Å². The summed E-state index contributed by atoms with van der Waals surface area (Å²) in [5.74, 6) is 1.18. The molecule has 0 radical (unpaired) electrons. The van der Waals surface area contributed by atoms with Gasteiger partial charge in [-0.25, -0.2) is 9.97 Å². The van der Waals surface area contributed by atoms with Gasteiger partial charge in [0.2, 0.25) is 5.95 Å². The number of piperidine rings is 1. The third-order valence-electron chi connectivity index (χ3n) is 4.10. The highest BCUT2D eigenvalue weighted by atomic mass is 16.1. The van der Waals surface area contributed by atoms with E-state index in [2.05, 4.69) is 32.1 Å². The first-order valence-electron chi connectivity index (χ1n) is 7.98. The minimum absolute atomic E-state index is 0.204. The minimum Gasteiger partial charge on any atom is -0.345 e. The molecule has 0 spiro atoms. The first kappa shape index (κ1) is 15.4. The second-order valence-corrected chi connectivity index (χ2v) is 5.92. The second kappa shape index (κ2) is 7.17. The molecule has 1 amide bonds. The van der Waals surface area contributed by atoms with E-state index in [1.807, 2.05) is 18.2 Å². The Kier molecular flexibility index (Phi) is 4.80. The van der Waals surface area contributed by atoms with Crippen LogP contribution in [0.2, 0.25) is 0 Å². The van der Waals surface area contributed by atoms with Gasteiger partial charge in [-0.15, -0.1) is 0 Å². The van der Waals surface area contributed by atoms with E-state index in [1.165, 1.54) is 0 Å². The van der Waals surface area contributed by atoms with Gasteiger partial charge in [0.25, 0.3) is 5.91 Å². The van der Waals surface area contributed by atoms with Gasteiger partial charge in [0.05, 0.1) is 12.2 Å². The Morgan fingerprint density at radius 1 is 1.22 bits per heavy atom. The maximum Gasteiger partial charge on any atom is 0.270 e. The van der Waals surface area contributed by atoms with Gasteiger partial charge in [-0.3, -0.25) is 9.78 Å². The van der Waals surface area contributed by atoms with Crippen molar-refractivity contribution in [3.63, 3.8) is 0 Å². The molecule has 1 aliphatic heterocycles. The average Bonchev–Trinajstić information content (AvgIpc) is 2.61. The SMILES string of the molecule is CC1CCN(c2nccc(C(=O)NCc3ccccn3)n2)CC1. The predicted octanol–water partition coefficient (Wildman–Crippen LogP) is 2.04. The summed E-state index contributed by atoms with van der Waals surface area (Å²) in [6, 6.07) is 7.26. The van der Waals surface area contributed by atoms with Crippen molar-refractivity contribution in [2.75, 3.05) is 18.0 Å². The molecule has 2 aromatic rings. The number of aromatic nitrogens is 3. The zero-order valence-corrected chi connectivity index (χ0v) is 13.3. The third-order valence-corrected chi connectivity index (χ3v) is 4.10. The van der Waals surface area contributed by atoms with E-state index in [1.54, 1.807) is 18.5 Å². The lowest BCUT2D eigenvalue weighted by Gasteiger charge is -2.30. The summed E-state index contributed by atoms with van der Waals surface area (Å²) < 4.78 is 0. The lowest BCUT2D eigenvalue weighted by atomic mass is 10.00. The van der Waals surface area contributed by atoms with Crippen molar-refractivity contribution in [3.05, 3.63) is 48.0 Å². The van der Waals surface area contributed by atoms with Crippen LogP contribution in [0.15, 0.2) is 36.7 Å². The number of amides is 1. The molecule has 3 rings (SSSR count). The third kappa shape index (κ3) is 4.03. The van der Waals surface area contributed by atoms with E-state index in [0.717, 1.165) is 37.5 Å². The highest BCUT2D eigenvalue weighted by molar-refractivity contribution is 5.92. The van der Waals surface area contributed by atoms with Crippen LogP contribution in [0.4, 0.5) is 5.95 Å². The van der Waals surface area contributed by atoms with Crippen molar-refractivity contribution < 1.29 is 4.79 Å². The quantitative estimate of drug-likeness (QED) is 0.935. The molecule has 1 N–H and O–H groups in total. The summed E-state index contributed by atoms with van der Waals surface area (Å²) >= 11 is 0. The second-order valence-electron chi connectivity index (χ2n) is 5.92. The van der Waals surface area contributed by atoms with Gasteiger partial charge in [-0.05, 0) is 37.0 Å². The Hall–Kier alpha value is -2.50. The summed E-state index contributed by atoms with van der Waals surface area (Å²) in [7, 11) is 0. The fraction of sp³-hybridized carbons (Fsp3) is 0.412. The number of hydrogen-bond donors (Lipinski definition) is 1. The Morgan fingerprint density at radius 2 is 2.04 bits per heavy atom. The Bertz CT molecular complexity index is 653. The van der Waals surface area contributed by atoms with Crippen molar-refractivity contribution in [1.29, 1.82) is 0 Å². The van der Waals surface area contributed by atoms with E-state index in [9.17, 15) is 4.79 Å². The summed E-state index contributed by atoms with van der Waals surface area (Å²) in [5.41, 5.74) is 1.21. The van der Waals surface area contributed by atoms with Gasteiger partial charge in [0.15, 0.2) is 0 Å². The standard InChI is InChI=1S/C17H21N5O/c1-13-6-10-22(11-7-13)17-19-9-5-15(21-17)16(23)20-12-14-4-2-3-8-18-14/h2-5,8-9,13H,6-7,10-12H2,1H3,(H,20,23). The zero-order valence-electron chi connectivity index (χ0n) is 13.3. The van der Waals surface area contributed by atoms with Crippen LogP contribution in [0.5, 0.6) is 0 Å². The smallest absolute Gasteiger partial charge is 0.270 e. The van der Waals surface area contributed by atoms with Crippen molar-refractivity contribution in [2.24, 2.45) is 5.92 Å². The van der Waals surface area contributed by atoms with Crippen molar-refractivity contribution >= 4 is 11.9 Å². The van der Waals surface area contributed by atoms with E-state index in [4.69, 9.17) is 0 Å². The molecule has 1 saturated heterocycles. The molecule has 2 aromatic heterocycles.